The van der Waals surface area contributed by atoms with Gasteiger partial charge in [-0.25, -0.2) is 12.7 Å². The Morgan fingerprint density at radius 1 is 1.29 bits per heavy atom. The molecule has 0 unspecified atom stereocenters. The Morgan fingerprint density at radius 3 is 2.71 bits per heavy atom. The normalized spacial score (nSPS) is 15.4. The molecule has 1 aliphatic heterocycles. The van der Waals surface area contributed by atoms with E-state index in [4.69, 9.17) is 4.74 Å². The van der Waals surface area contributed by atoms with Gasteiger partial charge in [0.15, 0.2) is 0 Å². The van der Waals surface area contributed by atoms with E-state index in [1.807, 2.05) is 7.05 Å². The average Bonchev–Trinajstić information content (AvgIpc) is 2.76. The van der Waals surface area contributed by atoms with Gasteiger partial charge in [-0.3, -0.25) is 9.59 Å². The quantitative estimate of drug-likeness (QED) is 0.627. The predicted octanol–water partition coefficient (Wildman–Crippen LogP) is -0.183. The molecular formula is C15H21N3O5S. The fourth-order valence-corrected chi connectivity index (χ4v) is 3.96. The number of carbonyl (C=O) groups excluding carboxylic acids is 2. The van der Waals surface area contributed by atoms with Crippen LogP contribution < -0.4 is 10.6 Å². The van der Waals surface area contributed by atoms with Gasteiger partial charge in [0.05, 0.1) is 18.7 Å². The third-order valence-corrected chi connectivity index (χ3v) is 5.48. The van der Waals surface area contributed by atoms with Crippen molar-refractivity contribution >= 4 is 21.8 Å². The molecule has 2 rings (SSSR count). The molecule has 24 heavy (non-hydrogen) atoms. The Balaban J connectivity index is 2.20. The fourth-order valence-electron chi connectivity index (χ4n) is 2.38. The molecule has 9 heteroatoms. The van der Waals surface area contributed by atoms with Gasteiger partial charge in [0.25, 0.3) is 21.8 Å². The number of carbonyl (C=O) groups is 2. The molecule has 0 fully saturated rings. The topological polar surface area (TPSA) is 105 Å². The van der Waals surface area contributed by atoms with Crippen molar-refractivity contribution in [3.8, 4) is 0 Å². The molecule has 1 heterocycles. The van der Waals surface area contributed by atoms with Gasteiger partial charge in [0.2, 0.25) is 0 Å². The fraction of sp³-hybridized carbons (Fsp3) is 0.467. The Hall–Kier alpha value is -1.97. The van der Waals surface area contributed by atoms with Crippen molar-refractivity contribution in [1.29, 1.82) is 0 Å². The second kappa shape index (κ2) is 7.73. The SMILES string of the molecule is CNCCCNC(=O)c1ccc2c(c1)S(=O)(=O)N(CCOC)C2=O. The summed E-state index contributed by atoms with van der Waals surface area (Å²) >= 11 is 0. The summed E-state index contributed by atoms with van der Waals surface area (Å²) in [5, 5.41) is 5.69. The van der Waals surface area contributed by atoms with Crippen LogP contribution in [0.4, 0.5) is 0 Å². The average molecular weight is 355 g/mol. The summed E-state index contributed by atoms with van der Waals surface area (Å²) in [6.07, 6.45) is 0.759. The van der Waals surface area contributed by atoms with Crippen molar-refractivity contribution < 1.29 is 22.7 Å². The second-order valence-electron chi connectivity index (χ2n) is 5.30. The van der Waals surface area contributed by atoms with E-state index in [0.29, 0.717) is 6.54 Å². The summed E-state index contributed by atoms with van der Waals surface area (Å²) in [5.41, 5.74) is 0.293. The molecular weight excluding hydrogens is 334 g/mol. The molecule has 0 spiro atoms. The van der Waals surface area contributed by atoms with Crippen LogP contribution in [0.3, 0.4) is 0 Å². The summed E-state index contributed by atoms with van der Waals surface area (Å²) < 4.78 is 30.6. The van der Waals surface area contributed by atoms with Crippen molar-refractivity contribution in [2.75, 3.05) is 40.4 Å². The number of sulfonamides is 1. The van der Waals surface area contributed by atoms with E-state index in [0.717, 1.165) is 17.3 Å². The molecule has 1 aromatic carbocycles. The first-order valence-corrected chi connectivity index (χ1v) is 9.00. The standard InChI is InChI=1S/C15H21N3O5S/c1-16-6-3-7-17-14(19)11-4-5-12-13(10-11)24(21,22)18(15(12)20)8-9-23-2/h4-5,10,16H,3,6-9H2,1-2H3,(H,17,19). The van der Waals surface area contributed by atoms with Crippen LogP contribution in [-0.4, -0.2) is 64.9 Å². The highest BCUT2D eigenvalue weighted by atomic mass is 32.2. The minimum atomic E-state index is -3.94. The maximum absolute atomic E-state index is 12.5. The third kappa shape index (κ3) is 3.58. The van der Waals surface area contributed by atoms with E-state index in [-0.39, 0.29) is 35.1 Å². The largest absolute Gasteiger partial charge is 0.383 e. The lowest BCUT2D eigenvalue weighted by Crippen LogP contribution is -2.33. The van der Waals surface area contributed by atoms with Gasteiger partial charge in [-0.2, -0.15) is 0 Å². The van der Waals surface area contributed by atoms with Crippen LogP contribution in [0.1, 0.15) is 27.1 Å². The monoisotopic (exact) mass is 355 g/mol. The zero-order valence-electron chi connectivity index (χ0n) is 13.7. The van der Waals surface area contributed by atoms with E-state index in [2.05, 4.69) is 10.6 Å². The number of hydrogen-bond donors (Lipinski definition) is 2. The molecule has 0 saturated carbocycles. The third-order valence-electron chi connectivity index (χ3n) is 3.66. The zero-order chi connectivity index (χ0) is 17.7. The number of nitrogens with one attached hydrogen (secondary N) is 2. The van der Waals surface area contributed by atoms with Crippen LogP contribution in [0.25, 0.3) is 0 Å². The van der Waals surface area contributed by atoms with Crippen molar-refractivity contribution in [3.63, 3.8) is 0 Å². The molecule has 0 saturated heterocycles. The highest BCUT2D eigenvalue weighted by molar-refractivity contribution is 7.90. The number of rotatable bonds is 8. The number of amides is 2. The summed E-state index contributed by atoms with van der Waals surface area (Å²) in [6, 6.07) is 4.09. The van der Waals surface area contributed by atoms with E-state index in [1.54, 1.807) is 0 Å². The van der Waals surface area contributed by atoms with Crippen molar-refractivity contribution in [2.45, 2.75) is 11.3 Å². The summed E-state index contributed by atoms with van der Waals surface area (Å²) in [7, 11) is -0.693. The minimum Gasteiger partial charge on any atom is -0.383 e. The molecule has 0 aromatic heterocycles. The van der Waals surface area contributed by atoms with Crippen LogP contribution in [-0.2, 0) is 14.8 Å². The van der Waals surface area contributed by atoms with E-state index >= 15 is 0 Å². The number of hydrogen-bond acceptors (Lipinski definition) is 6. The molecule has 1 aromatic rings. The molecule has 132 valence electrons. The first-order chi connectivity index (χ1) is 11.4. The molecule has 0 bridgehead atoms. The van der Waals surface area contributed by atoms with Crippen molar-refractivity contribution in [1.82, 2.24) is 14.9 Å². The zero-order valence-corrected chi connectivity index (χ0v) is 14.5. The Labute approximate surface area is 141 Å². The molecule has 2 N–H and O–H groups in total. The van der Waals surface area contributed by atoms with Crippen LogP contribution >= 0.6 is 0 Å². The van der Waals surface area contributed by atoms with E-state index in [9.17, 15) is 18.0 Å². The molecule has 8 nitrogen and oxygen atoms in total. The van der Waals surface area contributed by atoms with Gasteiger partial charge < -0.3 is 15.4 Å². The van der Waals surface area contributed by atoms with Gasteiger partial charge >= 0.3 is 0 Å². The Bertz CT molecular complexity index is 733. The highest BCUT2D eigenvalue weighted by Crippen LogP contribution is 2.30. The number of methoxy groups -OCH3 is 1. The maximum atomic E-state index is 12.5. The lowest BCUT2D eigenvalue weighted by molar-refractivity contribution is 0.0835. The molecule has 2 amide bonds. The van der Waals surface area contributed by atoms with Gasteiger partial charge in [0, 0.05) is 19.2 Å². The van der Waals surface area contributed by atoms with Gasteiger partial charge in [-0.1, -0.05) is 0 Å². The van der Waals surface area contributed by atoms with E-state index < -0.39 is 15.9 Å². The lowest BCUT2D eigenvalue weighted by Gasteiger charge is -2.13. The summed E-state index contributed by atoms with van der Waals surface area (Å²) in [6.45, 7) is 1.29. The van der Waals surface area contributed by atoms with Crippen LogP contribution in [0.2, 0.25) is 0 Å². The highest BCUT2D eigenvalue weighted by Gasteiger charge is 2.41. The van der Waals surface area contributed by atoms with Crippen LogP contribution in [0.5, 0.6) is 0 Å². The van der Waals surface area contributed by atoms with Crippen LogP contribution in [0.15, 0.2) is 23.1 Å². The molecule has 0 aliphatic carbocycles. The molecule has 0 radical (unpaired) electrons. The van der Waals surface area contributed by atoms with E-state index in [1.165, 1.54) is 25.3 Å². The maximum Gasteiger partial charge on any atom is 0.269 e. The Kier molecular flexibility index (Phi) is 5.92. The van der Waals surface area contributed by atoms with Gasteiger partial charge in [-0.15, -0.1) is 0 Å². The lowest BCUT2D eigenvalue weighted by atomic mass is 10.1. The summed E-state index contributed by atoms with van der Waals surface area (Å²) in [5.74, 6) is -0.963. The number of nitrogens with zero attached hydrogens (tertiary/aromatic N) is 1. The smallest absolute Gasteiger partial charge is 0.269 e. The first-order valence-electron chi connectivity index (χ1n) is 7.56. The van der Waals surface area contributed by atoms with Crippen LogP contribution in [0, 0.1) is 0 Å². The molecule has 0 atom stereocenters. The van der Waals surface area contributed by atoms with Crippen molar-refractivity contribution in [3.05, 3.63) is 29.3 Å². The number of benzene rings is 1. The minimum absolute atomic E-state index is 0.0576. The van der Waals surface area contributed by atoms with Gasteiger partial charge in [-0.05, 0) is 38.2 Å². The second-order valence-corrected chi connectivity index (χ2v) is 7.13. The predicted molar refractivity (Wildman–Crippen MR) is 87.4 cm³/mol. The Morgan fingerprint density at radius 2 is 2.04 bits per heavy atom. The summed E-state index contributed by atoms with van der Waals surface area (Å²) in [4.78, 5) is 24.2. The number of fused-ring (bicyclic) bond motifs is 1. The van der Waals surface area contributed by atoms with Gasteiger partial charge in [0.1, 0.15) is 4.90 Å². The first kappa shape index (κ1) is 18.4. The number of ether oxygens (including phenoxy) is 1. The molecule has 1 aliphatic rings. The van der Waals surface area contributed by atoms with Crippen molar-refractivity contribution in [2.24, 2.45) is 0 Å².